The zero-order chi connectivity index (χ0) is 12.0. The summed E-state index contributed by atoms with van der Waals surface area (Å²) in [6.07, 6.45) is 7.76. The van der Waals surface area contributed by atoms with Gasteiger partial charge in [0.1, 0.15) is 0 Å². The van der Waals surface area contributed by atoms with Crippen LogP contribution in [0.15, 0.2) is 23.8 Å². The van der Waals surface area contributed by atoms with E-state index in [4.69, 9.17) is 0 Å². The highest BCUT2D eigenvalue weighted by molar-refractivity contribution is 5.11. The highest BCUT2D eigenvalue weighted by Crippen LogP contribution is 2.20. The molecule has 1 rings (SSSR count). The Morgan fingerprint density at radius 3 is 2.94 bits per heavy atom. The molecule has 1 aliphatic rings. The molecule has 0 saturated carbocycles. The van der Waals surface area contributed by atoms with Crippen molar-refractivity contribution in [3.05, 3.63) is 23.8 Å². The molecule has 0 bridgehead atoms. The first kappa shape index (κ1) is 13.5. The number of nitrogens with one attached hydrogen (secondary N) is 1. The molecule has 2 atom stereocenters. The van der Waals surface area contributed by atoms with Gasteiger partial charge in [0.2, 0.25) is 0 Å². The first-order valence-electron chi connectivity index (χ1n) is 6.35. The lowest BCUT2D eigenvalue weighted by Crippen LogP contribution is -2.33. The summed E-state index contributed by atoms with van der Waals surface area (Å²) in [5, 5.41) is 3.36. The van der Waals surface area contributed by atoms with Crippen molar-refractivity contribution in [1.29, 1.82) is 0 Å². The summed E-state index contributed by atoms with van der Waals surface area (Å²) in [7, 11) is 2.06. The van der Waals surface area contributed by atoms with Crippen LogP contribution < -0.4 is 5.32 Å². The SMILES string of the molecule is C/C=C\C=C(/C)CN1CCC([C@H](C)NC)C1. The van der Waals surface area contributed by atoms with Crippen molar-refractivity contribution >= 4 is 0 Å². The van der Waals surface area contributed by atoms with Crippen LogP contribution in [-0.2, 0) is 0 Å². The van der Waals surface area contributed by atoms with Crippen molar-refractivity contribution in [3.63, 3.8) is 0 Å². The largest absolute Gasteiger partial charge is 0.317 e. The molecule has 2 nitrogen and oxygen atoms in total. The number of nitrogens with zero attached hydrogens (tertiary/aromatic N) is 1. The van der Waals surface area contributed by atoms with Gasteiger partial charge in [-0.25, -0.2) is 0 Å². The molecule has 2 heteroatoms. The summed E-state index contributed by atoms with van der Waals surface area (Å²) < 4.78 is 0. The highest BCUT2D eigenvalue weighted by Gasteiger charge is 2.25. The molecule has 0 aliphatic carbocycles. The summed E-state index contributed by atoms with van der Waals surface area (Å²) >= 11 is 0. The second-order valence-corrected chi connectivity index (χ2v) is 4.90. The van der Waals surface area contributed by atoms with Crippen molar-refractivity contribution < 1.29 is 0 Å². The van der Waals surface area contributed by atoms with E-state index in [2.05, 4.69) is 56.3 Å². The maximum atomic E-state index is 3.36. The van der Waals surface area contributed by atoms with Gasteiger partial charge in [-0.15, -0.1) is 0 Å². The van der Waals surface area contributed by atoms with E-state index in [0.717, 1.165) is 12.5 Å². The van der Waals surface area contributed by atoms with Crippen molar-refractivity contribution in [2.75, 3.05) is 26.7 Å². The summed E-state index contributed by atoms with van der Waals surface area (Å²) in [5.41, 5.74) is 1.45. The fraction of sp³-hybridized carbons (Fsp3) is 0.714. The quantitative estimate of drug-likeness (QED) is 0.719. The van der Waals surface area contributed by atoms with E-state index in [1.807, 2.05) is 0 Å². The normalized spacial score (nSPS) is 25.5. The molecule has 0 aromatic heterocycles. The summed E-state index contributed by atoms with van der Waals surface area (Å²) in [5.74, 6) is 0.819. The Balaban J connectivity index is 2.36. The summed E-state index contributed by atoms with van der Waals surface area (Å²) in [6.45, 7) is 10.2. The maximum Gasteiger partial charge on any atom is 0.0193 e. The molecule has 1 heterocycles. The van der Waals surface area contributed by atoms with Gasteiger partial charge in [0, 0.05) is 19.1 Å². The molecule has 0 aromatic rings. The van der Waals surface area contributed by atoms with Crippen LogP contribution in [0.5, 0.6) is 0 Å². The average Bonchev–Trinajstić information content (AvgIpc) is 2.73. The van der Waals surface area contributed by atoms with Crippen LogP contribution in [0.4, 0.5) is 0 Å². The molecule has 1 saturated heterocycles. The van der Waals surface area contributed by atoms with Crippen molar-refractivity contribution in [2.45, 2.75) is 33.2 Å². The number of likely N-dealkylation sites (tertiary alicyclic amines) is 1. The zero-order valence-electron chi connectivity index (χ0n) is 11.2. The molecular weight excluding hydrogens is 196 g/mol. The van der Waals surface area contributed by atoms with Crippen LogP contribution in [0.2, 0.25) is 0 Å². The third-order valence-electron chi connectivity index (χ3n) is 3.52. The molecule has 1 fully saturated rings. The lowest BCUT2D eigenvalue weighted by molar-refractivity contribution is 0.329. The highest BCUT2D eigenvalue weighted by atomic mass is 15.1. The van der Waals surface area contributed by atoms with Gasteiger partial charge in [-0.1, -0.05) is 23.8 Å². The van der Waals surface area contributed by atoms with E-state index in [1.165, 1.54) is 25.1 Å². The molecule has 1 N–H and O–H groups in total. The van der Waals surface area contributed by atoms with Gasteiger partial charge < -0.3 is 5.32 Å². The van der Waals surface area contributed by atoms with Crippen molar-refractivity contribution in [2.24, 2.45) is 5.92 Å². The number of hydrogen-bond acceptors (Lipinski definition) is 2. The lowest BCUT2D eigenvalue weighted by atomic mass is 10.0. The Kier molecular flexibility index (Phi) is 5.78. The third-order valence-corrected chi connectivity index (χ3v) is 3.52. The molecule has 92 valence electrons. The Labute approximate surface area is 100 Å². The Hall–Kier alpha value is -0.600. The minimum atomic E-state index is 0.643. The second-order valence-electron chi connectivity index (χ2n) is 4.90. The van der Waals surface area contributed by atoms with E-state index < -0.39 is 0 Å². The summed E-state index contributed by atoms with van der Waals surface area (Å²) in [6, 6.07) is 0.643. The van der Waals surface area contributed by atoms with Gasteiger partial charge in [0.15, 0.2) is 0 Å². The van der Waals surface area contributed by atoms with Crippen molar-refractivity contribution in [1.82, 2.24) is 10.2 Å². The fourth-order valence-electron chi connectivity index (χ4n) is 2.32. The first-order valence-corrected chi connectivity index (χ1v) is 6.35. The van der Waals surface area contributed by atoms with Gasteiger partial charge in [0.25, 0.3) is 0 Å². The molecular formula is C14H26N2. The van der Waals surface area contributed by atoms with Crippen LogP contribution in [0, 0.1) is 5.92 Å². The molecule has 1 unspecified atom stereocenters. The molecule has 0 aromatic carbocycles. The standard InChI is InChI=1S/C14H26N2/c1-5-6-7-12(2)10-16-9-8-14(11-16)13(3)15-4/h5-7,13-15H,8-11H2,1-4H3/b6-5-,12-7+/t13-,14?/m0/s1. The zero-order valence-corrected chi connectivity index (χ0v) is 11.2. The van der Waals surface area contributed by atoms with Crippen LogP contribution in [-0.4, -0.2) is 37.6 Å². The van der Waals surface area contributed by atoms with Crippen LogP contribution in [0.25, 0.3) is 0 Å². The Bertz CT molecular complexity index is 255. The minimum absolute atomic E-state index is 0.643. The van der Waals surface area contributed by atoms with Crippen LogP contribution >= 0.6 is 0 Å². The monoisotopic (exact) mass is 222 g/mol. The predicted molar refractivity (Wildman–Crippen MR) is 71.6 cm³/mol. The van der Waals surface area contributed by atoms with E-state index in [0.29, 0.717) is 6.04 Å². The molecule has 16 heavy (non-hydrogen) atoms. The molecule has 0 spiro atoms. The van der Waals surface area contributed by atoms with E-state index in [-0.39, 0.29) is 0 Å². The smallest absolute Gasteiger partial charge is 0.0193 e. The average molecular weight is 222 g/mol. The Morgan fingerprint density at radius 1 is 1.56 bits per heavy atom. The number of allylic oxidation sites excluding steroid dienone is 3. The van der Waals surface area contributed by atoms with Crippen LogP contribution in [0.3, 0.4) is 0 Å². The van der Waals surface area contributed by atoms with Crippen molar-refractivity contribution in [3.8, 4) is 0 Å². The van der Waals surface area contributed by atoms with E-state index >= 15 is 0 Å². The Morgan fingerprint density at radius 2 is 2.31 bits per heavy atom. The van der Waals surface area contributed by atoms with Gasteiger partial charge in [-0.2, -0.15) is 0 Å². The molecule has 0 radical (unpaired) electrons. The number of rotatable bonds is 5. The minimum Gasteiger partial charge on any atom is -0.317 e. The van der Waals surface area contributed by atoms with Gasteiger partial charge in [-0.05, 0) is 46.7 Å². The van der Waals surface area contributed by atoms with E-state index in [9.17, 15) is 0 Å². The second kappa shape index (κ2) is 6.87. The fourth-order valence-corrected chi connectivity index (χ4v) is 2.32. The number of hydrogen-bond donors (Lipinski definition) is 1. The molecule has 0 amide bonds. The van der Waals surface area contributed by atoms with Crippen LogP contribution in [0.1, 0.15) is 27.2 Å². The van der Waals surface area contributed by atoms with E-state index in [1.54, 1.807) is 0 Å². The topological polar surface area (TPSA) is 15.3 Å². The van der Waals surface area contributed by atoms with Gasteiger partial charge >= 0.3 is 0 Å². The molecule has 1 aliphatic heterocycles. The van der Waals surface area contributed by atoms with Gasteiger partial charge in [-0.3, -0.25) is 4.90 Å². The van der Waals surface area contributed by atoms with Gasteiger partial charge in [0.05, 0.1) is 0 Å². The summed E-state index contributed by atoms with van der Waals surface area (Å²) in [4.78, 5) is 2.56. The third kappa shape index (κ3) is 4.11. The predicted octanol–water partition coefficient (Wildman–Crippen LogP) is 2.44. The maximum absolute atomic E-state index is 3.36. The first-order chi connectivity index (χ1) is 7.67. The lowest BCUT2D eigenvalue weighted by Gasteiger charge is -2.20.